The van der Waals surface area contributed by atoms with Gasteiger partial charge in [-0.1, -0.05) is 38.6 Å². The van der Waals surface area contributed by atoms with Crippen LogP contribution in [0.3, 0.4) is 0 Å². The first-order valence-electron chi connectivity index (χ1n) is 9.79. The Morgan fingerprint density at radius 1 is 1.33 bits per heavy atom. The number of rotatable bonds is 3. The standard InChI is InChI=1S/C22H27NO3S/c1-13-8-15(11-22(2,3)10-13)14-4-5-18-17(9-14)16-6-7-27-21(26)20(16)23(18)12-19(24)25/h4-5,9,13,15H,6-8,10-12H2,1-3H3,(H,24,25). The zero-order chi connectivity index (χ0) is 19.3. The van der Waals surface area contributed by atoms with Crippen molar-refractivity contribution < 1.29 is 14.7 Å². The van der Waals surface area contributed by atoms with E-state index < -0.39 is 5.97 Å². The number of benzene rings is 1. The third-order valence-corrected chi connectivity index (χ3v) is 6.99. The van der Waals surface area contributed by atoms with Crippen molar-refractivity contribution in [3.8, 4) is 0 Å². The van der Waals surface area contributed by atoms with Crippen LogP contribution in [0.4, 0.5) is 0 Å². The van der Waals surface area contributed by atoms with Gasteiger partial charge in [-0.2, -0.15) is 0 Å². The SMILES string of the molecule is CC1CC(c2ccc3c(c2)c2c(n3CC(=O)O)C(=O)SCC2)CC(C)(C)C1. The Labute approximate surface area is 164 Å². The van der Waals surface area contributed by atoms with Gasteiger partial charge in [0.1, 0.15) is 12.2 Å². The average Bonchev–Trinajstić information content (AvgIpc) is 2.87. The van der Waals surface area contributed by atoms with Crippen molar-refractivity contribution in [1.29, 1.82) is 0 Å². The number of carboxylic acids is 1. The van der Waals surface area contributed by atoms with Crippen molar-refractivity contribution in [2.75, 3.05) is 5.75 Å². The van der Waals surface area contributed by atoms with E-state index in [4.69, 9.17) is 0 Å². The van der Waals surface area contributed by atoms with Gasteiger partial charge in [0, 0.05) is 16.7 Å². The van der Waals surface area contributed by atoms with Crippen LogP contribution in [0.15, 0.2) is 18.2 Å². The van der Waals surface area contributed by atoms with Gasteiger partial charge in [0.05, 0.1) is 0 Å². The summed E-state index contributed by atoms with van der Waals surface area (Å²) in [7, 11) is 0. The van der Waals surface area contributed by atoms with E-state index in [1.54, 1.807) is 4.57 Å². The van der Waals surface area contributed by atoms with E-state index in [1.165, 1.54) is 36.6 Å². The summed E-state index contributed by atoms with van der Waals surface area (Å²) in [6.07, 6.45) is 4.46. The Kier molecular flexibility index (Phi) is 4.61. The Morgan fingerprint density at radius 3 is 2.81 bits per heavy atom. The number of carbonyl (C=O) groups is 2. The highest BCUT2D eigenvalue weighted by atomic mass is 32.2. The van der Waals surface area contributed by atoms with Gasteiger partial charge in [-0.05, 0) is 66.2 Å². The molecule has 0 amide bonds. The first kappa shape index (κ1) is 18.6. The smallest absolute Gasteiger partial charge is 0.323 e. The molecule has 1 aromatic heterocycles. The quantitative estimate of drug-likeness (QED) is 0.800. The molecule has 1 aromatic carbocycles. The fourth-order valence-electron chi connectivity index (χ4n) is 5.40. The summed E-state index contributed by atoms with van der Waals surface area (Å²) in [6.45, 7) is 6.89. The van der Waals surface area contributed by atoms with Gasteiger partial charge in [0.2, 0.25) is 5.12 Å². The van der Waals surface area contributed by atoms with Gasteiger partial charge in [-0.15, -0.1) is 0 Å². The minimum absolute atomic E-state index is 0.00247. The van der Waals surface area contributed by atoms with Crippen molar-refractivity contribution in [3.63, 3.8) is 0 Å². The third-order valence-electron chi connectivity index (χ3n) is 6.12. The predicted molar refractivity (Wildman–Crippen MR) is 110 cm³/mol. The molecule has 0 radical (unpaired) electrons. The molecule has 4 rings (SSSR count). The highest BCUT2D eigenvalue weighted by molar-refractivity contribution is 8.14. The van der Waals surface area contributed by atoms with E-state index >= 15 is 0 Å². The molecule has 1 aliphatic carbocycles. The van der Waals surface area contributed by atoms with Crippen LogP contribution in [0, 0.1) is 11.3 Å². The van der Waals surface area contributed by atoms with Crippen LogP contribution in [-0.2, 0) is 17.8 Å². The number of hydrogen-bond acceptors (Lipinski definition) is 3. The molecule has 2 atom stereocenters. The summed E-state index contributed by atoms with van der Waals surface area (Å²) in [6, 6.07) is 6.44. The molecule has 4 nitrogen and oxygen atoms in total. The van der Waals surface area contributed by atoms with E-state index in [0.29, 0.717) is 22.9 Å². The van der Waals surface area contributed by atoms with Crippen LogP contribution in [0.25, 0.3) is 10.9 Å². The Bertz CT molecular complexity index is 927. The molecule has 2 heterocycles. The molecule has 27 heavy (non-hydrogen) atoms. The second-order valence-corrected chi connectivity index (χ2v) is 10.1. The molecule has 1 N–H and O–H groups in total. The maximum atomic E-state index is 12.5. The van der Waals surface area contributed by atoms with Crippen LogP contribution in [0.5, 0.6) is 0 Å². The number of thioether (sulfide) groups is 1. The van der Waals surface area contributed by atoms with Crippen molar-refractivity contribution in [2.45, 2.75) is 58.9 Å². The topological polar surface area (TPSA) is 59.3 Å². The molecule has 2 unspecified atom stereocenters. The molecule has 1 aliphatic heterocycles. The summed E-state index contributed by atoms with van der Waals surface area (Å²) in [4.78, 5) is 23.9. The lowest BCUT2D eigenvalue weighted by molar-refractivity contribution is -0.137. The van der Waals surface area contributed by atoms with E-state index in [9.17, 15) is 14.7 Å². The van der Waals surface area contributed by atoms with Gasteiger partial charge < -0.3 is 9.67 Å². The van der Waals surface area contributed by atoms with Gasteiger partial charge >= 0.3 is 5.97 Å². The molecule has 1 saturated carbocycles. The van der Waals surface area contributed by atoms with Crippen LogP contribution in [-0.4, -0.2) is 26.5 Å². The highest BCUT2D eigenvalue weighted by Gasteiger charge is 2.33. The van der Waals surface area contributed by atoms with Crippen LogP contribution < -0.4 is 0 Å². The van der Waals surface area contributed by atoms with E-state index in [1.807, 2.05) is 6.07 Å². The minimum atomic E-state index is -0.912. The number of aliphatic carboxylic acids is 1. The molecular weight excluding hydrogens is 358 g/mol. The highest BCUT2D eigenvalue weighted by Crippen LogP contribution is 2.47. The maximum absolute atomic E-state index is 12.5. The molecule has 0 bridgehead atoms. The number of hydrogen-bond donors (Lipinski definition) is 1. The van der Waals surface area contributed by atoms with Crippen molar-refractivity contribution in [2.24, 2.45) is 11.3 Å². The molecule has 0 spiro atoms. The van der Waals surface area contributed by atoms with Crippen LogP contribution >= 0.6 is 11.8 Å². The fraction of sp³-hybridized carbons (Fsp3) is 0.545. The number of carboxylic acid groups (broad SMARTS) is 1. The summed E-state index contributed by atoms with van der Waals surface area (Å²) in [5, 5.41) is 10.4. The van der Waals surface area contributed by atoms with Gasteiger partial charge in [-0.25, -0.2) is 0 Å². The Hall–Kier alpha value is -1.75. The van der Waals surface area contributed by atoms with E-state index in [0.717, 1.165) is 28.6 Å². The van der Waals surface area contributed by atoms with Gasteiger partial charge in [-0.3, -0.25) is 9.59 Å². The normalized spacial score (nSPS) is 24.8. The number of carbonyl (C=O) groups excluding carboxylic acids is 1. The first-order chi connectivity index (χ1) is 12.7. The lowest BCUT2D eigenvalue weighted by Crippen LogP contribution is -2.26. The zero-order valence-corrected chi connectivity index (χ0v) is 17.1. The Morgan fingerprint density at radius 2 is 2.11 bits per heavy atom. The molecular formula is C22H27NO3S. The first-order valence-corrected chi connectivity index (χ1v) is 10.8. The molecule has 5 heteroatoms. The molecule has 1 fully saturated rings. The fourth-order valence-corrected chi connectivity index (χ4v) is 6.26. The van der Waals surface area contributed by atoms with Gasteiger partial charge in [0.25, 0.3) is 0 Å². The second-order valence-electron chi connectivity index (χ2n) is 9.08. The summed E-state index contributed by atoms with van der Waals surface area (Å²) in [5.74, 6) is 1.10. The molecule has 2 aliphatic rings. The molecule has 144 valence electrons. The number of nitrogens with zero attached hydrogens (tertiary/aromatic N) is 1. The monoisotopic (exact) mass is 385 g/mol. The van der Waals surface area contributed by atoms with Gasteiger partial charge in [0.15, 0.2) is 0 Å². The van der Waals surface area contributed by atoms with Crippen molar-refractivity contribution in [1.82, 2.24) is 4.57 Å². The zero-order valence-electron chi connectivity index (χ0n) is 16.2. The van der Waals surface area contributed by atoms with Crippen LogP contribution in [0.2, 0.25) is 0 Å². The summed E-state index contributed by atoms with van der Waals surface area (Å²) >= 11 is 1.30. The van der Waals surface area contributed by atoms with Crippen molar-refractivity contribution in [3.05, 3.63) is 35.0 Å². The largest absolute Gasteiger partial charge is 0.480 e. The van der Waals surface area contributed by atoms with E-state index in [2.05, 4.69) is 32.9 Å². The second kappa shape index (κ2) is 6.69. The molecule has 2 aromatic rings. The number of aromatic nitrogens is 1. The lowest BCUT2D eigenvalue weighted by Gasteiger charge is -2.39. The summed E-state index contributed by atoms with van der Waals surface area (Å²) in [5.41, 5.74) is 4.20. The van der Waals surface area contributed by atoms with Crippen LogP contribution in [0.1, 0.15) is 67.6 Å². The third kappa shape index (κ3) is 3.42. The average molecular weight is 386 g/mol. The summed E-state index contributed by atoms with van der Waals surface area (Å²) < 4.78 is 1.71. The maximum Gasteiger partial charge on any atom is 0.323 e. The van der Waals surface area contributed by atoms with Crippen molar-refractivity contribution >= 4 is 33.7 Å². The Balaban J connectivity index is 1.83. The lowest BCUT2D eigenvalue weighted by atomic mass is 9.66. The predicted octanol–water partition coefficient (Wildman–Crippen LogP) is 5.09. The van der Waals surface area contributed by atoms with E-state index in [-0.39, 0.29) is 11.7 Å². The number of fused-ring (bicyclic) bond motifs is 3. The number of aryl methyl sites for hydroxylation is 1. The minimum Gasteiger partial charge on any atom is -0.480 e. The molecule has 0 saturated heterocycles.